The molecule has 6 nitrogen and oxygen atoms in total. The van der Waals surface area contributed by atoms with Gasteiger partial charge in [0, 0.05) is 44.2 Å². The molecule has 140 valence electrons. The Morgan fingerprint density at radius 1 is 1.22 bits per heavy atom. The molecule has 2 aromatic heterocycles. The van der Waals surface area contributed by atoms with Crippen molar-refractivity contribution < 1.29 is 13.9 Å². The number of hydrogen-bond donors (Lipinski definition) is 0. The lowest BCUT2D eigenvalue weighted by atomic mass is 10.1. The van der Waals surface area contributed by atoms with E-state index in [1.54, 1.807) is 30.3 Å². The van der Waals surface area contributed by atoms with Crippen molar-refractivity contribution in [2.45, 2.75) is 18.9 Å². The molecule has 0 bridgehead atoms. The molecule has 1 aliphatic rings. The summed E-state index contributed by atoms with van der Waals surface area (Å²) < 4.78 is 13.1. The lowest BCUT2D eigenvalue weighted by Crippen LogP contribution is -2.41. The molecule has 27 heavy (non-hydrogen) atoms. The standard InChI is InChI=1S/C20H20ClN3O3/c1-23-13-17(19(22-23)18-3-2-12-26-18)20(25)24-10-8-16(9-11-24)27-15-6-4-14(21)5-7-15/h2-7,12-13,16H,8-11H2,1H3. The number of furan rings is 1. The van der Waals surface area contributed by atoms with Gasteiger partial charge in [-0.25, -0.2) is 0 Å². The molecular formula is C20H20ClN3O3. The van der Waals surface area contributed by atoms with E-state index in [4.69, 9.17) is 20.8 Å². The summed E-state index contributed by atoms with van der Waals surface area (Å²) in [6.45, 7) is 1.28. The van der Waals surface area contributed by atoms with Gasteiger partial charge in [-0.2, -0.15) is 5.10 Å². The van der Waals surface area contributed by atoms with Crippen LogP contribution in [-0.4, -0.2) is 39.8 Å². The van der Waals surface area contributed by atoms with Crippen molar-refractivity contribution in [3.63, 3.8) is 0 Å². The molecule has 0 spiro atoms. The second-order valence-electron chi connectivity index (χ2n) is 6.61. The first-order valence-corrected chi connectivity index (χ1v) is 9.27. The van der Waals surface area contributed by atoms with E-state index in [0.29, 0.717) is 35.1 Å². The summed E-state index contributed by atoms with van der Waals surface area (Å²) in [7, 11) is 1.80. The number of carbonyl (C=O) groups is 1. The molecule has 1 amide bonds. The number of piperidine rings is 1. The first-order valence-electron chi connectivity index (χ1n) is 8.89. The highest BCUT2D eigenvalue weighted by Gasteiger charge is 2.28. The average Bonchev–Trinajstić information content (AvgIpc) is 3.33. The Hall–Kier alpha value is -2.73. The van der Waals surface area contributed by atoms with Gasteiger partial charge >= 0.3 is 0 Å². The maximum absolute atomic E-state index is 13.0. The van der Waals surface area contributed by atoms with E-state index in [1.165, 1.54) is 0 Å². The first-order chi connectivity index (χ1) is 13.1. The zero-order valence-electron chi connectivity index (χ0n) is 15.0. The van der Waals surface area contributed by atoms with Crippen LogP contribution >= 0.6 is 11.6 Å². The number of halogens is 1. The van der Waals surface area contributed by atoms with Crippen LogP contribution in [0, 0.1) is 0 Å². The molecule has 0 saturated carbocycles. The first kappa shape index (κ1) is 17.7. The number of nitrogens with zero attached hydrogens (tertiary/aromatic N) is 3. The molecule has 3 aromatic rings. The van der Waals surface area contributed by atoms with E-state index in [2.05, 4.69) is 5.10 Å². The number of aryl methyl sites for hydroxylation is 1. The highest BCUT2D eigenvalue weighted by molar-refractivity contribution is 6.30. The predicted molar refractivity (Wildman–Crippen MR) is 102 cm³/mol. The van der Waals surface area contributed by atoms with Crippen molar-refractivity contribution in [2.24, 2.45) is 7.05 Å². The van der Waals surface area contributed by atoms with Gasteiger partial charge < -0.3 is 14.1 Å². The van der Waals surface area contributed by atoms with Gasteiger partial charge in [-0.1, -0.05) is 11.6 Å². The summed E-state index contributed by atoms with van der Waals surface area (Å²) >= 11 is 5.90. The summed E-state index contributed by atoms with van der Waals surface area (Å²) in [6, 6.07) is 11.0. The van der Waals surface area contributed by atoms with Gasteiger partial charge in [0.2, 0.25) is 0 Å². The number of hydrogen-bond acceptors (Lipinski definition) is 4. The molecular weight excluding hydrogens is 366 g/mol. The number of likely N-dealkylation sites (tertiary alicyclic amines) is 1. The van der Waals surface area contributed by atoms with Gasteiger partial charge in [0.05, 0.1) is 11.8 Å². The Kier molecular flexibility index (Phi) is 4.90. The Labute approximate surface area is 162 Å². The van der Waals surface area contributed by atoms with Gasteiger partial charge in [-0.3, -0.25) is 9.48 Å². The Morgan fingerprint density at radius 2 is 1.96 bits per heavy atom. The molecule has 1 fully saturated rings. The largest absolute Gasteiger partial charge is 0.490 e. The molecule has 0 unspecified atom stereocenters. The summed E-state index contributed by atoms with van der Waals surface area (Å²) in [5.74, 6) is 1.37. The predicted octanol–water partition coefficient (Wildman–Crippen LogP) is 4.02. The monoisotopic (exact) mass is 385 g/mol. The van der Waals surface area contributed by atoms with Crippen LogP contribution < -0.4 is 4.74 Å². The average molecular weight is 386 g/mol. The van der Waals surface area contributed by atoms with E-state index in [0.717, 1.165) is 18.6 Å². The number of aromatic nitrogens is 2. The molecule has 0 radical (unpaired) electrons. The number of ether oxygens (including phenoxy) is 1. The Bertz CT molecular complexity index is 911. The van der Waals surface area contributed by atoms with E-state index < -0.39 is 0 Å². The fraction of sp³-hybridized carbons (Fsp3) is 0.300. The number of amides is 1. The fourth-order valence-electron chi connectivity index (χ4n) is 3.29. The smallest absolute Gasteiger partial charge is 0.257 e. The molecule has 1 saturated heterocycles. The maximum atomic E-state index is 13.0. The second-order valence-corrected chi connectivity index (χ2v) is 7.04. The van der Waals surface area contributed by atoms with Crippen LogP contribution in [0.2, 0.25) is 5.02 Å². The third-order valence-electron chi connectivity index (χ3n) is 4.66. The number of benzene rings is 1. The van der Waals surface area contributed by atoms with Crippen LogP contribution in [0.4, 0.5) is 0 Å². The van der Waals surface area contributed by atoms with Crippen LogP contribution in [0.3, 0.4) is 0 Å². The van der Waals surface area contributed by atoms with Gasteiger partial charge in [0.15, 0.2) is 5.76 Å². The normalized spacial score (nSPS) is 15.1. The van der Waals surface area contributed by atoms with E-state index in [1.807, 2.05) is 35.2 Å². The molecule has 1 aliphatic heterocycles. The summed E-state index contributed by atoms with van der Waals surface area (Å²) in [4.78, 5) is 14.9. The minimum atomic E-state index is -0.0283. The number of rotatable bonds is 4. The summed E-state index contributed by atoms with van der Waals surface area (Å²) in [6.07, 6.45) is 4.98. The van der Waals surface area contributed by atoms with E-state index in [-0.39, 0.29) is 12.0 Å². The van der Waals surface area contributed by atoms with Crippen molar-refractivity contribution in [2.75, 3.05) is 13.1 Å². The second kappa shape index (κ2) is 7.48. The fourth-order valence-corrected chi connectivity index (χ4v) is 3.42. The zero-order valence-corrected chi connectivity index (χ0v) is 15.7. The van der Waals surface area contributed by atoms with Crippen molar-refractivity contribution in [3.8, 4) is 17.2 Å². The van der Waals surface area contributed by atoms with Crippen LogP contribution in [0.15, 0.2) is 53.3 Å². The highest BCUT2D eigenvalue weighted by atomic mass is 35.5. The molecule has 4 rings (SSSR count). The molecule has 3 heterocycles. The molecule has 7 heteroatoms. The lowest BCUT2D eigenvalue weighted by molar-refractivity contribution is 0.0596. The van der Waals surface area contributed by atoms with Crippen LogP contribution in [-0.2, 0) is 7.05 Å². The highest BCUT2D eigenvalue weighted by Crippen LogP contribution is 2.26. The zero-order chi connectivity index (χ0) is 18.8. The third kappa shape index (κ3) is 3.85. The van der Waals surface area contributed by atoms with Gasteiger partial charge in [-0.05, 0) is 36.4 Å². The summed E-state index contributed by atoms with van der Waals surface area (Å²) in [5.41, 5.74) is 1.14. The van der Waals surface area contributed by atoms with Gasteiger partial charge in [-0.15, -0.1) is 0 Å². The Balaban J connectivity index is 1.41. The third-order valence-corrected chi connectivity index (χ3v) is 4.91. The van der Waals surface area contributed by atoms with Crippen molar-refractivity contribution in [3.05, 3.63) is 59.4 Å². The maximum Gasteiger partial charge on any atom is 0.257 e. The molecule has 1 aromatic carbocycles. The number of carbonyl (C=O) groups excluding carboxylic acids is 1. The van der Waals surface area contributed by atoms with Crippen LogP contribution in [0.5, 0.6) is 5.75 Å². The van der Waals surface area contributed by atoms with Gasteiger partial charge in [0.1, 0.15) is 17.5 Å². The van der Waals surface area contributed by atoms with Crippen LogP contribution in [0.1, 0.15) is 23.2 Å². The summed E-state index contributed by atoms with van der Waals surface area (Å²) in [5, 5.41) is 5.07. The van der Waals surface area contributed by atoms with Crippen molar-refractivity contribution >= 4 is 17.5 Å². The molecule has 0 atom stereocenters. The van der Waals surface area contributed by atoms with Crippen molar-refractivity contribution in [1.29, 1.82) is 0 Å². The topological polar surface area (TPSA) is 60.5 Å². The molecule has 0 aliphatic carbocycles. The van der Waals surface area contributed by atoms with Crippen molar-refractivity contribution in [1.82, 2.24) is 14.7 Å². The minimum absolute atomic E-state index is 0.0283. The van der Waals surface area contributed by atoms with Crippen LogP contribution in [0.25, 0.3) is 11.5 Å². The quantitative estimate of drug-likeness (QED) is 0.680. The van der Waals surface area contributed by atoms with E-state index in [9.17, 15) is 4.79 Å². The Morgan fingerprint density at radius 3 is 2.63 bits per heavy atom. The minimum Gasteiger partial charge on any atom is -0.490 e. The molecule has 0 N–H and O–H groups in total. The lowest BCUT2D eigenvalue weighted by Gasteiger charge is -2.32. The van der Waals surface area contributed by atoms with E-state index >= 15 is 0 Å². The SMILES string of the molecule is Cn1cc(C(=O)N2CCC(Oc3ccc(Cl)cc3)CC2)c(-c2ccco2)n1. The van der Waals surface area contributed by atoms with Gasteiger partial charge in [0.25, 0.3) is 5.91 Å².